The lowest BCUT2D eigenvalue weighted by molar-refractivity contribution is -0.143. The summed E-state index contributed by atoms with van der Waals surface area (Å²) in [5.41, 5.74) is -1.75. The Morgan fingerprint density at radius 2 is 1.73 bits per heavy atom. The molecule has 1 fully saturated rings. The van der Waals surface area contributed by atoms with E-state index in [2.05, 4.69) is 0 Å². The molecule has 0 atom stereocenters. The molecule has 5 heteroatoms. The highest BCUT2D eigenvalue weighted by molar-refractivity contribution is 5.83. The number of benzene rings is 1. The van der Waals surface area contributed by atoms with Gasteiger partial charge >= 0.3 is 5.97 Å². The summed E-state index contributed by atoms with van der Waals surface area (Å²) >= 11 is 0. The number of ether oxygens (including phenoxy) is 2. The van der Waals surface area contributed by atoms with Crippen molar-refractivity contribution in [3.8, 4) is 11.5 Å². The van der Waals surface area contributed by atoms with Gasteiger partial charge in [0.15, 0.2) is 0 Å². The molecular formula is C17H23FO4. The zero-order valence-electron chi connectivity index (χ0n) is 13.5. The van der Waals surface area contributed by atoms with E-state index in [1.807, 2.05) is 0 Å². The molecule has 4 nitrogen and oxygen atoms in total. The smallest absolute Gasteiger partial charge is 0.314 e. The summed E-state index contributed by atoms with van der Waals surface area (Å²) in [6.45, 7) is 2.87. The molecule has 0 aliphatic heterocycles. The van der Waals surface area contributed by atoms with Crippen molar-refractivity contribution in [2.45, 2.75) is 50.6 Å². The molecule has 22 heavy (non-hydrogen) atoms. The maximum absolute atomic E-state index is 14.5. The number of carboxylic acid groups (broad SMARTS) is 1. The highest BCUT2D eigenvalue weighted by Gasteiger charge is 2.45. The number of rotatable bonds is 5. The van der Waals surface area contributed by atoms with E-state index in [0.29, 0.717) is 35.5 Å². The fourth-order valence-electron chi connectivity index (χ4n) is 3.31. The third kappa shape index (κ3) is 2.64. The van der Waals surface area contributed by atoms with Crippen molar-refractivity contribution >= 4 is 5.97 Å². The highest BCUT2D eigenvalue weighted by Crippen LogP contribution is 2.48. The van der Waals surface area contributed by atoms with Crippen LogP contribution in [0.4, 0.5) is 4.39 Å². The average Bonchev–Trinajstić information content (AvgIpc) is 2.95. The number of carbonyl (C=O) groups is 1. The first-order chi connectivity index (χ1) is 10.3. The van der Waals surface area contributed by atoms with Gasteiger partial charge in [-0.15, -0.1) is 0 Å². The van der Waals surface area contributed by atoms with Gasteiger partial charge in [0.1, 0.15) is 17.2 Å². The first-order valence-corrected chi connectivity index (χ1v) is 7.45. The Balaban J connectivity index is 2.71. The van der Waals surface area contributed by atoms with Crippen LogP contribution in [0.25, 0.3) is 0 Å². The molecule has 1 N–H and O–H groups in total. The second-order valence-corrected chi connectivity index (χ2v) is 6.32. The Hall–Kier alpha value is -1.78. The van der Waals surface area contributed by atoms with E-state index in [1.165, 1.54) is 28.1 Å². The Labute approximate surface area is 130 Å². The van der Waals surface area contributed by atoms with Crippen molar-refractivity contribution in [1.82, 2.24) is 0 Å². The fraction of sp³-hybridized carbons (Fsp3) is 0.588. The number of hydrogen-bond acceptors (Lipinski definition) is 3. The van der Waals surface area contributed by atoms with Crippen LogP contribution < -0.4 is 9.47 Å². The van der Waals surface area contributed by atoms with Gasteiger partial charge in [-0.1, -0.05) is 12.8 Å². The fourth-order valence-corrected chi connectivity index (χ4v) is 3.31. The SMILES string of the molecule is COc1cc(OC)c(C2(C(=O)O)CCCC2)cc1C(C)(C)F. The van der Waals surface area contributed by atoms with Crippen LogP contribution >= 0.6 is 0 Å². The van der Waals surface area contributed by atoms with Crippen molar-refractivity contribution < 1.29 is 23.8 Å². The maximum atomic E-state index is 14.5. The summed E-state index contributed by atoms with van der Waals surface area (Å²) in [5, 5.41) is 9.78. The van der Waals surface area contributed by atoms with Crippen molar-refractivity contribution in [3.05, 3.63) is 23.3 Å². The van der Waals surface area contributed by atoms with E-state index >= 15 is 0 Å². The zero-order valence-corrected chi connectivity index (χ0v) is 13.5. The Morgan fingerprint density at radius 1 is 1.18 bits per heavy atom. The van der Waals surface area contributed by atoms with Crippen molar-refractivity contribution in [3.63, 3.8) is 0 Å². The molecule has 0 saturated heterocycles. The average molecular weight is 310 g/mol. The second-order valence-electron chi connectivity index (χ2n) is 6.32. The van der Waals surface area contributed by atoms with Crippen LogP contribution in [0.15, 0.2) is 12.1 Å². The molecule has 0 unspecified atom stereocenters. The largest absolute Gasteiger partial charge is 0.496 e. The number of halogens is 1. The normalized spacial score (nSPS) is 17.3. The standard InChI is InChI=1S/C17H23FO4/c1-16(2,18)11-9-12(14(22-4)10-13(11)21-3)17(15(19)20)7-5-6-8-17/h9-10H,5-8H2,1-4H3,(H,19,20). The molecule has 0 radical (unpaired) electrons. The summed E-state index contributed by atoms with van der Waals surface area (Å²) in [6.07, 6.45) is 2.76. The molecule has 0 aromatic heterocycles. The molecule has 122 valence electrons. The van der Waals surface area contributed by atoms with Gasteiger partial charge < -0.3 is 14.6 Å². The van der Waals surface area contributed by atoms with Gasteiger partial charge in [0.05, 0.1) is 19.6 Å². The number of methoxy groups -OCH3 is 2. The van der Waals surface area contributed by atoms with E-state index in [-0.39, 0.29) is 0 Å². The molecule has 0 spiro atoms. The predicted molar refractivity (Wildman–Crippen MR) is 81.5 cm³/mol. The first kappa shape index (κ1) is 16.6. The Bertz CT molecular complexity index is 569. The van der Waals surface area contributed by atoms with Crippen LogP contribution in [0.1, 0.15) is 50.7 Å². The minimum absolute atomic E-state index is 0.346. The number of hydrogen-bond donors (Lipinski definition) is 1. The topological polar surface area (TPSA) is 55.8 Å². The number of carboxylic acids is 1. The minimum atomic E-state index is -1.63. The lowest BCUT2D eigenvalue weighted by Gasteiger charge is -2.29. The van der Waals surface area contributed by atoms with Crippen molar-refractivity contribution in [2.75, 3.05) is 14.2 Å². The molecule has 2 rings (SSSR count). The molecule has 1 aromatic carbocycles. The summed E-state index contributed by atoms with van der Waals surface area (Å²) in [7, 11) is 2.95. The molecule has 1 saturated carbocycles. The van der Waals surface area contributed by atoms with E-state index in [4.69, 9.17) is 9.47 Å². The predicted octanol–water partition coefficient (Wildman–Crippen LogP) is 3.80. The summed E-state index contributed by atoms with van der Waals surface area (Å²) in [6, 6.07) is 3.20. The zero-order chi connectivity index (χ0) is 16.5. The molecule has 0 bridgehead atoms. The van der Waals surface area contributed by atoms with Crippen LogP contribution in [0.5, 0.6) is 11.5 Å². The van der Waals surface area contributed by atoms with E-state index in [0.717, 1.165) is 12.8 Å². The van der Waals surface area contributed by atoms with Gasteiger partial charge in [-0.2, -0.15) is 0 Å². The van der Waals surface area contributed by atoms with Crippen LogP contribution in [0, 0.1) is 0 Å². The number of alkyl halides is 1. The van der Waals surface area contributed by atoms with E-state index in [1.54, 1.807) is 12.1 Å². The maximum Gasteiger partial charge on any atom is 0.314 e. The van der Waals surface area contributed by atoms with Gasteiger partial charge in [-0.25, -0.2) is 4.39 Å². The van der Waals surface area contributed by atoms with Crippen molar-refractivity contribution in [2.24, 2.45) is 0 Å². The van der Waals surface area contributed by atoms with Gasteiger partial charge in [0.2, 0.25) is 0 Å². The summed E-state index contributed by atoms with van der Waals surface area (Å²) < 4.78 is 25.2. The van der Waals surface area contributed by atoms with Gasteiger partial charge in [-0.05, 0) is 32.8 Å². The summed E-state index contributed by atoms with van der Waals surface area (Å²) in [4.78, 5) is 11.9. The molecule has 1 aromatic rings. The first-order valence-electron chi connectivity index (χ1n) is 7.45. The van der Waals surface area contributed by atoms with E-state index < -0.39 is 17.1 Å². The van der Waals surface area contributed by atoms with Gasteiger partial charge in [-0.3, -0.25) is 4.79 Å². The van der Waals surface area contributed by atoms with Crippen molar-refractivity contribution in [1.29, 1.82) is 0 Å². The lowest BCUT2D eigenvalue weighted by atomic mass is 9.77. The molecular weight excluding hydrogens is 287 g/mol. The minimum Gasteiger partial charge on any atom is -0.496 e. The monoisotopic (exact) mass is 310 g/mol. The van der Waals surface area contributed by atoms with Crippen LogP contribution in [0.3, 0.4) is 0 Å². The lowest BCUT2D eigenvalue weighted by Crippen LogP contribution is -2.33. The third-order valence-electron chi connectivity index (χ3n) is 4.54. The quantitative estimate of drug-likeness (QED) is 0.898. The molecule has 0 heterocycles. The Morgan fingerprint density at radius 3 is 2.14 bits per heavy atom. The molecule has 1 aliphatic rings. The van der Waals surface area contributed by atoms with E-state index in [9.17, 15) is 14.3 Å². The van der Waals surface area contributed by atoms with Gasteiger partial charge in [0.25, 0.3) is 0 Å². The number of aliphatic carboxylic acids is 1. The highest BCUT2D eigenvalue weighted by atomic mass is 19.1. The van der Waals surface area contributed by atoms with Crippen LogP contribution in [-0.4, -0.2) is 25.3 Å². The molecule has 0 amide bonds. The van der Waals surface area contributed by atoms with Gasteiger partial charge in [0, 0.05) is 17.2 Å². The Kier molecular flexibility index (Phi) is 4.36. The molecule has 1 aliphatic carbocycles. The third-order valence-corrected chi connectivity index (χ3v) is 4.54. The van der Waals surface area contributed by atoms with Crippen LogP contribution in [0.2, 0.25) is 0 Å². The second kappa shape index (κ2) is 5.78. The van der Waals surface area contributed by atoms with Crippen LogP contribution in [-0.2, 0) is 15.9 Å². The summed E-state index contributed by atoms with van der Waals surface area (Å²) in [5.74, 6) is -0.0723.